The van der Waals surface area contributed by atoms with E-state index in [0.717, 1.165) is 16.4 Å². The van der Waals surface area contributed by atoms with Crippen molar-refractivity contribution in [2.75, 3.05) is 13.2 Å². The Hall–Kier alpha value is -0.590. The zero-order valence-corrected chi connectivity index (χ0v) is 11.8. The SMILES string of the molecule is CC(C)(C)NCc1cnc(CCOCC(F)F)s1. The van der Waals surface area contributed by atoms with Crippen LogP contribution in [0.4, 0.5) is 8.78 Å². The van der Waals surface area contributed by atoms with Crippen molar-refractivity contribution in [1.82, 2.24) is 10.3 Å². The fraction of sp³-hybridized carbons (Fsp3) is 0.750. The number of halogens is 2. The molecule has 0 aliphatic carbocycles. The number of ether oxygens (including phenoxy) is 1. The highest BCUT2D eigenvalue weighted by atomic mass is 32.1. The average Bonchev–Trinajstić information content (AvgIpc) is 2.68. The molecule has 6 heteroatoms. The van der Waals surface area contributed by atoms with Gasteiger partial charge in [-0.3, -0.25) is 0 Å². The molecule has 0 fully saturated rings. The number of hydrogen-bond acceptors (Lipinski definition) is 4. The van der Waals surface area contributed by atoms with Gasteiger partial charge in [0.15, 0.2) is 0 Å². The number of nitrogens with zero attached hydrogens (tertiary/aromatic N) is 1. The lowest BCUT2D eigenvalue weighted by molar-refractivity contribution is 0.0187. The van der Waals surface area contributed by atoms with Crippen LogP contribution in [0.5, 0.6) is 0 Å². The second-order valence-electron chi connectivity index (χ2n) is 5.04. The van der Waals surface area contributed by atoms with Crippen LogP contribution in [0.1, 0.15) is 30.7 Å². The summed E-state index contributed by atoms with van der Waals surface area (Å²) in [5.74, 6) is 0. The van der Waals surface area contributed by atoms with Crippen LogP contribution in [0.3, 0.4) is 0 Å². The third-order valence-corrected chi connectivity index (χ3v) is 3.16. The highest BCUT2D eigenvalue weighted by molar-refractivity contribution is 7.11. The molecule has 0 unspecified atom stereocenters. The maximum absolute atomic E-state index is 11.8. The first-order valence-electron chi connectivity index (χ1n) is 5.91. The fourth-order valence-electron chi connectivity index (χ4n) is 1.23. The predicted octanol–water partition coefficient (Wildman–Crippen LogP) is 2.86. The minimum Gasteiger partial charge on any atom is -0.375 e. The van der Waals surface area contributed by atoms with Gasteiger partial charge < -0.3 is 10.1 Å². The van der Waals surface area contributed by atoms with Gasteiger partial charge in [0.05, 0.1) is 11.6 Å². The summed E-state index contributed by atoms with van der Waals surface area (Å²) in [6.07, 6.45) is 0.0199. The summed E-state index contributed by atoms with van der Waals surface area (Å²) in [5.41, 5.74) is 0.0739. The van der Waals surface area contributed by atoms with Crippen LogP contribution in [0, 0.1) is 0 Å². The van der Waals surface area contributed by atoms with Crippen molar-refractivity contribution in [3.63, 3.8) is 0 Å². The topological polar surface area (TPSA) is 34.2 Å². The number of aromatic nitrogens is 1. The molecule has 1 rings (SSSR count). The van der Waals surface area contributed by atoms with Crippen LogP contribution in [0.25, 0.3) is 0 Å². The normalized spacial score (nSPS) is 12.3. The van der Waals surface area contributed by atoms with Crippen molar-refractivity contribution in [2.45, 2.75) is 45.7 Å². The Bertz CT molecular complexity index is 350. The second kappa shape index (κ2) is 7.11. The molecule has 0 bridgehead atoms. The lowest BCUT2D eigenvalue weighted by Crippen LogP contribution is -2.34. The smallest absolute Gasteiger partial charge is 0.261 e. The lowest BCUT2D eigenvalue weighted by Gasteiger charge is -2.19. The van der Waals surface area contributed by atoms with Crippen LogP contribution >= 0.6 is 11.3 Å². The Kier molecular flexibility index (Phi) is 6.11. The van der Waals surface area contributed by atoms with Crippen molar-refractivity contribution < 1.29 is 13.5 Å². The van der Waals surface area contributed by atoms with Crippen LogP contribution in [-0.2, 0) is 17.7 Å². The van der Waals surface area contributed by atoms with E-state index in [0.29, 0.717) is 13.0 Å². The van der Waals surface area contributed by atoms with Gasteiger partial charge in [-0.25, -0.2) is 13.8 Å². The summed E-state index contributed by atoms with van der Waals surface area (Å²) in [7, 11) is 0. The first kappa shape index (κ1) is 15.5. The van der Waals surface area contributed by atoms with E-state index in [1.165, 1.54) is 0 Å². The van der Waals surface area contributed by atoms with E-state index in [9.17, 15) is 8.78 Å². The van der Waals surface area contributed by atoms with Gasteiger partial charge in [-0.2, -0.15) is 0 Å². The van der Waals surface area contributed by atoms with E-state index in [4.69, 9.17) is 4.74 Å². The molecule has 1 N–H and O–H groups in total. The lowest BCUT2D eigenvalue weighted by atomic mass is 10.1. The monoisotopic (exact) mass is 278 g/mol. The van der Waals surface area contributed by atoms with Crippen molar-refractivity contribution in [3.05, 3.63) is 16.1 Å². The first-order valence-corrected chi connectivity index (χ1v) is 6.73. The minimum absolute atomic E-state index is 0.0739. The zero-order valence-electron chi connectivity index (χ0n) is 11.0. The Morgan fingerprint density at radius 2 is 2.17 bits per heavy atom. The molecule has 0 aromatic carbocycles. The molecule has 1 heterocycles. The molecule has 1 aromatic rings. The van der Waals surface area contributed by atoms with Crippen molar-refractivity contribution in [1.29, 1.82) is 0 Å². The third kappa shape index (κ3) is 6.98. The van der Waals surface area contributed by atoms with Gasteiger partial charge in [-0.1, -0.05) is 0 Å². The molecular weight excluding hydrogens is 258 g/mol. The third-order valence-electron chi connectivity index (χ3n) is 2.10. The zero-order chi connectivity index (χ0) is 13.6. The van der Waals surface area contributed by atoms with Crippen LogP contribution in [-0.4, -0.2) is 30.2 Å². The average molecular weight is 278 g/mol. The molecule has 0 aliphatic heterocycles. The molecule has 0 spiro atoms. The van der Waals surface area contributed by atoms with E-state index >= 15 is 0 Å². The highest BCUT2D eigenvalue weighted by Gasteiger charge is 2.10. The van der Waals surface area contributed by atoms with E-state index in [1.54, 1.807) is 11.3 Å². The standard InChI is InChI=1S/C12H20F2N2OS/c1-12(2,3)16-7-9-6-15-11(18-9)4-5-17-8-10(13)14/h6,10,16H,4-5,7-8H2,1-3H3. The number of rotatable bonds is 7. The maximum Gasteiger partial charge on any atom is 0.261 e. The van der Waals surface area contributed by atoms with Crippen LogP contribution in [0.2, 0.25) is 0 Å². The van der Waals surface area contributed by atoms with Gasteiger partial charge in [-0.15, -0.1) is 11.3 Å². The molecule has 1 aromatic heterocycles. The molecule has 0 saturated heterocycles. The Labute approximate surface area is 111 Å². The summed E-state index contributed by atoms with van der Waals surface area (Å²) in [4.78, 5) is 5.39. The van der Waals surface area contributed by atoms with Crippen molar-refractivity contribution in [2.24, 2.45) is 0 Å². The molecule has 104 valence electrons. The maximum atomic E-state index is 11.8. The number of alkyl halides is 2. The van der Waals surface area contributed by atoms with E-state index < -0.39 is 13.0 Å². The minimum atomic E-state index is -2.40. The molecule has 0 saturated carbocycles. The van der Waals surface area contributed by atoms with Crippen LogP contribution < -0.4 is 5.32 Å². The molecule has 0 atom stereocenters. The van der Waals surface area contributed by atoms with Gasteiger partial charge >= 0.3 is 0 Å². The largest absolute Gasteiger partial charge is 0.375 e. The van der Waals surface area contributed by atoms with Crippen molar-refractivity contribution in [3.8, 4) is 0 Å². The van der Waals surface area contributed by atoms with E-state index in [2.05, 4.69) is 31.1 Å². The molecule has 3 nitrogen and oxygen atoms in total. The van der Waals surface area contributed by atoms with Crippen molar-refractivity contribution >= 4 is 11.3 Å². The second-order valence-corrected chi connectivity index (χ2v) is 6.24. The molecular formula is C12H20F2N2OS. The van der Waals surface area contributed by atoms with Crippen LogP contribution in [0.15, 0.2) is 6.20 Å². The molecule has 0 radical (unpaired) electrons. The predicted molar refractivity (Wildman–Crippen MR) is 69.2 cm³/mol. The number of hydrogen-bond donors (Lipinski definition) is 1. The Morgan fingerprint density at radius 3 is 2.78 bits per heavy atom. The van der Waals surface area contributed by atoms with Gasteiger partial charge in [-0.05, 0) is 20.8 Å². The molecule has 18 heavy (non-hydrogen) atoms. The molecule has 0 aliphatic rings. The fourth-order valence-corrected chi connectivity index (χ4v) is 2.07. The number of thiazole rings is 1. The summed E-state index contributed by atoms with van der Waals surface area (Å²) < 4.78 is 28.5. The van der Waals surface area contributed by atoms with Gasteiger partial charge in [0.1, 0.15) is 6.61 Å². The quantitative estimate of drug-likeness (QED) is 0.779. The summed E-state index contributed by atoms with van der Waals surface area (Å²) >= 11 is 1.59. The van der Waals surface area contributed by atoms with E-state index in [-0.39, 0.29) is 5.54 Å². The first-order chi connectivity index (χ1) is 8.37. The Morgan fingerprint density at radius 1 is 1.44 bits per heavy atom. The number of nitrogens with one attached hydrogen (secondary N) is 1. The van der Waals surface area contributed by atoms with Gasteiger partial charge in [0.2, 0.25) is 0 Å². The molecule has 0 amide bonds. The highest BCUT2D eigenvalue weighted by Crippen LogP contribution is 2.14. The Balaban J connectivity index is 2.26. The summed E-state index contributed by atoms with van der Waals surface area (Å²) in [6, 6.07) is 0. The summed E-state index contributed by atoms with van der Waals surface area (Å²) in [6.45, 7) is 6.89. The summed E-state index contributed by atoms with van der Waals surface area (Å²) in [5, 5.41) is 4.30. The van der Waals surface area contributed by atoms with E-state index in [1.807, 2.05) is 6.20 Å². The van der Waals surface area contributed by atoms with Gasteiger partial charge in [0.25, 0.3) is 6.43 Å². The van der Waals surface area contributed by atoms with Gasteiger partial charge in [0, 0.05) is 29.6 Å².